The molecule has 0 aromatic heterocycles. The van der Waals surface area contributed by atoms with Crippen LogP contribution >= 0.6 is 11.8 Å². The molecule has 0 N–H and O–H groups in total. The van der Waals surface area contributed by atoms with Crippen molar-refractivity contribution in [2.45, 2.75) is 41.8 Å². The van der Waals surface area contributed by atoms with Gasteiger partial charge in [0.25, 0.3) is 0 Å². The maximum Gasteiger partial charge on any atom is 0.389 e. The number of thioether (sulfide) groups is 1. The summed E-state index contributed by atoms with van der Waals surface area (Å²) in [6, 6.07) is 10.4. The Hall–Kier alpha value is -2.77. The first-order valence-electron chi connectivity index (χ1n) is 11.2. The van der Waals surface area contributed by atoms with Gasteiger partial charge < -0.3 is 14.4 Å². The third-order valence-electron chi connectivity index (χ3n) is 5.69. The lowest BCUT2D eigenvalue weighted by Crippen LogP contribution is -2.41. The first-order valence-corrected chi connectivity index (χ1v) is 13.8. The molecule has 2 aromatic rings. The maximum absolute atomic E-state index is 14.1. The molecule has 1 aliphatic rings. The van der Waals surface area contributed by atoms with Crippen molar-refractivity contribution in [1.82, 2.24) is 4.31 Å². The minimum absolute atomic E-state index is 0.0335. The summed E-state index contributed by atoms with van der Waals surface area (Å²) in [4.78, 5) is 13.4. The highest BCUT2D eigenvalue weighted by atomic mass is 32.2. The lowest BCUT2D eigenvalue weighted by molar-refractivity contribution is -0.140. The van der Waals surface area contributed by atoms with E-state index in [0.29, 0.717) is 16.8 Å². The average Bonchev–Trinajstić information content (AvgIpc) is 2.93. The van der Waals surface area contributed by atoms with E-state index in [0.717, 1.165) is 4.31 Å². The smallest absolute Gasteiger partial charge is 0.389 e. The number of carbonyl (C=O) groups is 1. The third kappa shape index (κ3) is 6.76. The quantitative estimate of drug-likeness (QED) is 0.135. The zero-order valence-electron chi connectivity index (χ0n) is 20.3. The van der Waals surface area contributed by atoms with E-state index in [1.54, 1.807) is 41.5 Å². The topological polar surface area (TPSA) is 76.2 Å². The number of fused-ring (bicyclic) bond motifs is 1. The minimum Gasteiger partial charge on any atom is -0.461 e. The summed E-state index contributed by atoms with van der Waals surface area (Å²) in [7, 11) is -3.06. The van der Waals surface area contributed by atoms with Gasteiger partial charge in [0.05, 0.1) is 17.2 Å². The molecular formula is C24H26F4N2O5S2. The van der Waals surface area contributed by atoms with Crippen LogP contribution in [0.5, 0.6) is 5.75 Å². The second-order valence-electron chi connectivity index (χ2n) is 8.05. The van der Waals surface area contributed by atoms with Gasteiger partial charge in [0.15, 0.2) is 0 Å². The Morgan fingerprint density at radius 1 is 1.22 bits per heavy atom. The van der Waals surface area contributed by atoms with E-state index >= 15 is 0 Å². The van der Waals surface area contributed by atoms with Gasteiger partial charge >= 0.3 is 12.1 Å². The molecule has 1 heterocycles. The van der Waals surface area contributed by atoms with Crippen molar-refractivity contribution in [2.75, 3.05) is 31.4 Å². The van der Waals surface area contributed by atoms with Gasteiger partial charge in [-0.3, -0.25) is 0 Å². The first-order chi connectivity index (χ1) is 17.4. The van der Waals surface area contributed by atoms with Gasteiger partial charge in [-0.25, -0.2) is 13.2 Å². The summed E-state index contributed by atoms with van der Waals surface area (Å²) in [6.07, 6.45) is -3.84. The van der Waals surface area contributed by atoms with E-state index < -0.39 is 46.9 Å². The van der Waals surface area contributed by atoms with E-state index in [9.17, 15) is 30.8 Å². The number of rotatable bonds is 8. The Labute approximate surface area is 217 Å². The normalized spacial score (nSPS) is 18.2. The highest BCUT2D eigenvalue weighted by molar-refractivity contribution is 7.98. The van der Waals surface area contributed by atoms with E-state index in [1.807, 2.05) is 0 Å². The van der Waals surface area contributed by atoms with Crippen molar-refractivity contribution in [3.05, 3.63) is 54.6 Å². The molecule has 1 aliphatic heterocycles. The summed E-state index contributed by atoms with van der Waals surface area (Å²) in [5.74, 6) is -2.61. The van der Waals surface area contributed by atoms with Gasteiger partial charge in [0.2, 0.25) is 15.9 Å². The highest BCUT2D eigenvalue weighted by Gasteiger charge is 2.39. The highest BCUT2D eigenvalue weighted by Crippen LogP contribution is 2.43. The van der Waals surface area contributed by atoms with Gasteiger partial charge in [-0.15, -0.1) is 11.8 Å². The molecule has 0 bridgehead atoms. The fourth-order valence-electron chi connectivity index (χ4n) is 3.79. The number of hydrogen-bond acceptors (Lipinski definition) is 7. The fourth-order valence-corrected chi connectivity index (χ4v) is 5.90. The van der Waals surface area contributed by atoms with E-state index in [-0.39, 0.29) is 29.5 Å². The Bertz CT molecular complexity index is 1250. The Balaban J connectivity index is 2.15. The molecule has 37 heavy (non-hydrogen) atoms. The van der Waals surface area contributed by atoms with Crippen LogP contribution in [0.1, 0.15) is 19.8 Å². The molecule has 7 nitrogen and oxygen atoms in total. The van der Waals surface area contributed by atoms with Crippen LogP contribution in [-0.2, 0) is 19.6 Å². The molecule has 3 rings (SSSR count). The number of nitrogens with zero attached hydrogens (tertiary/aromatic N) is 2. The summed E-state index contributed by atoms with van der Waals surface area (Å²) in [5, 5.41) is 0. The van der Waals surface area contributed by atoms with E-state index in [2.05, 4.69) is 4.74 Å². The number of esters is 1. The molecule has 2 aromatic carbocycles. The summed E-state index contributed by atoms with van der Waals surface area (Å²) >= 11 is 1.18. The van der Waals surface area contributed by atoms with Gasteiger partial charge in [-0.2, -0.15) is 21.9 Å². The average molecular weight is 563 g/mol. The standard InChI is InChI=1S/C24H26F4N2O5S2/c1-4-34-23(31)18(25)15-35-20-13-22-19(12-21(20)36-3)30(16-8-6-5-7-9-16)14-17(10-11-24(26,27)28)29(2)37(22,32)33/h5-9,12-13,15,17H,4,10-11,14H2,1-3H3/b18-15-. The second kappa shape index (κ2) is 11.7. The van der Waals surface area contributed by atoms with Crippen LogP contribution in [0.2, 0.25) is 0 Å². The van der Waals surface area contributed by atoms with Crippen LogP contribution in [-0.4, -0.2) is 57.4 Å². The van der Waals surface area contributed by atoms with Crippen molar-refractivity contribution < 1.29 is 40.2 Å². The molecule has 0 spiro atoms. The fraction of sp³-hybridized carbons (Fsp3) is 0.375. The molecule has 1 atom stereocenters. The van der Waals surface area contributed by atoms with Gasteiger partial charge in [-0.1, -0.05) is 18.2 Å². The summed E-state index contributed by atoms with van der Waals surface area (Å²) in [6.45, 7) is 1.42. The lowest BCUT2D eigenvalue weighted by Gasteiger charge is -2.30. The predicted octanol–water partition coefficient (Wildman–Crippen LogP) is 5.64. The number of halogens is 4. The van der Waals surface area contributed by atoms with Crippen molar-refractivity contribution in [3.8, 4) is 5.75 Å². The van der Waals surface area contributed by atoms with Gasteiger partial charge in [-0.05, 0) is 37.8 Å². The molecule has 0 saturated heterocycles. The number of likely N-dealkylation sites (N-methyl/N-ethyl adjacent to an activating group) is 1. The number of para-hydroxylation sites is 1. The number of ether oxygens (including phenoxy) is 2. The monoisotopic (exact) mass is 562 g/mol. The van der Waals surface area contributed by atoms with Gasteiger partial charge in [0.1, 0.15) is 16.9 Å². The Morgan fingerprint density at radius 2 is 1.89 bits per heavy atom. The van der Waals surface area contributed by atoms with Crippen molar-refractivity contribution in [1.29, 1.82) is 0 Å². The Morgan fingerprint density at radius 3 is 2.49 bits per heavy atom. The van der Waals surface area contributed by atoms with Crippen LogP contribution < -0.4 is 9.64 Å². The minimum atomic E-state index is -4.45. The third-order valence-corrected chi connectivity index (χ3v) is 8.39. The SMILES string of the molecule is CCOC(=O)/C(F)=C/Oc1cc2c(cc1SC)N(c1ccccc1)CC(CCC(F)(F)F)N(C)S2(=O)=O. The number of alkyl halides is 3. The summed E-state index contributed by atoms with van der Waals surface area (Å²) in [5.41, 5.74) is 0.819. The van der Waals surface area contributed by atoms with Crippen LogP contribution in [0.3, 0.4) is 0 Å². The zero-order valence-corrected chi connectivity index (χ0v) is 21.9. The molecule has 0 amide bonds. The molecule has 0 saturated carbocycles. The molecule has 13 heteroatoms. The number of anilines is 2. The van der Waals surface area contributed by atoms with E-state index in [4.69, 9.17) is 4.74 Å². The largest absolute Gasteiger partial charge is 0.461 e. The second-order valence-corrected chi connectivity index (χ2v) is 10.9. The van der Waals surface area contributed by atoms with Crippen LogP contribution in [0.25, 0.3) is 0 Å². The Kier molecular flexibility index (Phi) is 9.13. The van der Waals surface area contributed by atoms with Crippen molar-refractivity contribution in [2.24, 2.45) is 0 Å². The maximum atomic E-state index is 14.1. The summed E-state index contributed by atoms with van der Waals surface area (Å²) < 4.78 is 91.3. The number of sulfonamides is 1. The number of carbonyl (C=O) groups excluding carboxylic acids is 1. The number of hydrogen-bond donors (Lipinski definition) is 0. The van der Waals surface area contributed by atoms with Crippen molar-refractivity contribution in [3.63, 3.8) is 0 Å². The number of benzene rings is 2. The van der Waals surface area contributed by atoms with Crippen LogP contribution in [0, 0.1) is 0 Å². The van der Waals surface area contributed by atoms with Gasteiger partial charge in [0, 0.05) is 37.8 Å². The van der Waals surface area contributed by atoms with Crippen molar-refractivity contribution >= 4 is 39.1 Å². The molecule has 202 valence electrons. The predicted molar refractivity (Wildman–Crippen MR) is 132 cm³/mol. The molecule has 0 fully saturated rings. The van der Waals surface area contributed by atoms with Crippen LogP contribution in [0.4, 0.5) is 28.9 Å². The molecule has 0 aliphatic carbocycles. The lowest BCUT2D eigenvalue weighted by atomic mass is 10.1. The first kappa shape index (κ1) is 28.8. The zero-order chi connectivity index (χ0) is 27.4. The molecular weight excluding hydrogens is 536 g/mol. The van der Waals surface area contributed by atoms with E-state index in [1.165, 1.54) is 37.9 Å². The molecule has 1 unspecified atom stereocenters. The van der Waals surface area contributed by atoms with Crippen LogP contribution in [0.15, 0.2) is 64.3 Å². The molecule has 0 radical (unpaired) electrons.